The van der Waals surface area contributed by atoms with E-state index in [1.54, 1.807) is 12.1 Å². The number of aromatic hydroxyl groups is 1. The summed E-state index contributed by atoms with van der Waals surface area (Å²) in [5, 5.41) is 10.9. The van der Waals surface area contributed by atoms with Crippen molar-refractivity contribution in [3.05, 3.63) is 23.8 Å². The molecule has 1 N–H and O–H groups in total. The number of carbonyl (C=O) groups excluding carboxylic acids is 1. The van der Waals surface area contributed by atoms with Gasteiger partial charge >= 0.3 is 0 Å². The maximum atomic E-state index is 12.6. The van der Waals surface area contributed by atoms with Crippen molar-refractivity contribution in [3.63, 3.8) is 0 Å². The molecule has 0 saturated carbocycles. The minimum Gasteiger partial charge on any atom is -0.507 e. The minimum absolute atomic E-state index is 0.0134. The molecule has 1 aromatic rings. The molecule has 5 heteroatoms. The van der Waals surface area contributed by atoms with Crippen LogP contribution in [-0.2, 0) is 0 Å². The van der Waals surface area contributed by atoms with Crippen molar-refractivity contribution in [2.45, 2.75) is 31.7 Å². The number of amides is 1. The first kappa shape index (κ1) is 15.2. The summed E-state index contributed by atoms with van der Waals surface area (Å²) in [6.45, 7) is 0.775. The third-order valence-electron chi connectivity index (χ3n) is 3.74. The number of nitrogens with zero attached hydrogens (tertiary/aromatic N) is 1. The number of methoxy groups -OCH3 is 1. The number of halogens is 1. The van der Waals surface area contributed by atoms with Crippen LogP contribution in [0.3, 0.4) is 0 Å². The normalized spacial score (nSPS) is 18.3. The second-order valence-corrected chi connectivity index (χ2v) is 5.80. The zero-order valence-corrected chi connectivity index (χ0v) is 13.2. The van der Waals surface area contributed by atoms with E-state index in [9.17, 15) is 9.90 Å². The van der Waals surface area contributed by atoms with Crippen LogP contribution in [0.15, 0.2) is 18.2 Å². The number of rotatable bonds is 5. The molecule has 1 fully saturated rings. The van der Waals surface area contributed by atoms with Gasteiger partial charge in [-0.05, 0) is 37.8 Å². The number of alkyl halides is 1. The Morgan fingerprint density at radius 1 is 1.55 bits per heavy atom. The fourth-order valence-corrected chi connectivity index (χ4v) is 3.01. The quantitative estimate of drug-likeness (QED) is 0.836. The number of likely N-dealkylation sites (tertiary alicyclic amines) is 1. The smallest absolute Gasteiger partial charge is 0.257 e. The Balaban J connectivity index is 2.13. The van der Waals surface area contributed by atoms with Crippen LogP contribution in [0.1, 0.15) is 36.0 Å². The first-order valence-electron chi connectivity index (χ1n) is 6.91. The molecule has 1 aliphatic heterocycles. The fourth-order valence-electron chi connectivity index (χ4n) is 2.69. The third-order valence-corrected chi connectivity index (χ3v) is 4.31. The lowest BCUT2D eigenvalue weighted by atomic mass is 10.1. The number of phenols is 1. The van der Waals surface area contributed by atoms with Gasteiger partial charge in [0.05, 0.1) is 12.7 Å². The highest BCUT2D eigenvalue weighted by molar-refractivity contribution is 9.09. The number of hydrogen-bond donors (Lipinski definition) is 1. The van der Waals surface area contributed by atoms with Crippen molar-refractivity contribution in [3.8, 4) is 11.5 Å². The molecule has 110 valence electrons. The Morgan fingerprint density at radius 2 is 2.35 bits per heavy atom. The average molecular weight is 342 g/mol. The van der Waals surface area contributed by atoms with Crippen LogP contribution in [0, 0.1) is 0 Å². The van der Waals surface area contributed by atoms with Crippen LogP contribution in [0.4, 0.5) is 0 Å². The Kier molecular flexibility index (Phi) is 5.29. The van der Waals surface area contributed by atoms with Gasteiger partial charge in [0.2, 0.25) is 0 Å². The summed E-state index contributed by atoms with van der Waals surface area (Å²) in [5.74, 6) is 0.457. The zero-order chi connectivity index (χ0) is 14.5. The summed E-state index contributed by atoms with van der Waals surface area (Å²) in [7, 11) is 1.53. The van der Waals surface area contributed by atoms with Crippen LogP contribution in [0.2, 0.25) is 0 Å². The van der Waals surface area contributed by atoms with Gasteiger partial charge in [0.1, 0.15) is 11.5 Å². The van der Waals surface area contributed by atoms with E-state index in [1.807, 2.05) is 4.90 Å². The second kappa shape index (κ2) is 6.97. The Morgan fingerprint density at radius 3 is 3.00 bits per heavy atom. The molecule has 1 heterocycles. The first-order valence-corrected chi connectivity index (χ1v) is 8.03. The summed E-state index contributed by atoms with van der Waals surface area (Å²) in [5.41, 5.74) is 0.358. The maximum Gasteiger partial charge on any atom is 0.257 e. The van der Waals surface area contributed by atoms with E-state index < -0.39 is 0 Å². The summed E-state index contributed by atoms with van der Waals surface area (Å²) in [6, 6.07) is 5.12. The number of phenolic OH excluding ortho intramolecular Hbond substituents is 1. The molecular formula is C15H20BrNO3. The predicted molar refractivity (Wildman–Crippen MR) is 81.7 cm³/mol. The minimum atomic E-state index is -0.0813. The molecular weight excluding hydrogens is 322 g/mol. The molecule has 0 aliphatic carbocycles. The van der Waals surface area contributed by atoms with Gasteiger partial charge < -0.3 is 14.7 Å². The van der Waals surface area contributed by atoms with Crippen molar-refractivity contribution in [1.29, 1.82) is 0 Å². The van der Waals surface area contributed by atoms with Crippen molar-refractivity contribution >= 4 is 21.8 Å². The molecule has 0 aromatic heterocycles. The average Bonchev–Trinajstić information content (AvgIpc) is 2.92. The Labute approximate surface area is 127 Å². The Hall–Kier alpha value is -1.23. The second-order valence-electron chi connectivity index (χ2n) is 5.01. The molecule has 4 nitrogen and oxygen atoms in total. The van der Waals surface area contributed by atoms with E-state index in [0.717, 1.165) is 37.6 Å². The molecule has 20 heavy (non-hydrogen) atoms. The standard InChI is InChI=1S/C15H20BrNO3/c1-20-12-6-7-13(14(18)10-12)15(19)17-9-3-5-11(17)4-2-8-16/h6-7,10-11,18H,2-5,8-9H2,1H3. The van der Waals surface area contributed by atoms with E-state index in [0.29, 0.717) is 17.4 Å². The summed E-state index contributed by atoms with van der Waals surface area (Å²) in [6.07, 6.45) is 4.15. The van der Waals surface area contributed by atoms with E-state index >= 15 is 0 Å². The SMILES string of the molecule is COc1ccc(C(=O)N2CCCC2CCCBr)c(O)c1. The first-order chi connectivity index (χ1) is 9.67. The summed E-state index contributed by atoms with van der Waals surface area (Å²) in [4.78, 5) is 14.4. The highest BCUT2D eigenvalue weighted by Gasteiger charge is 2.30. The third kappa shape index (κ3) is 3.26. The highest BCUT2D eigenvalue weighted by Crippen LogP contribution is 2.29. The van der Waals surface area contributed by atoms with Crippen LogP contribution in [0.5, 0.6) is 11.5 Å². The van der Waals surface area contributed by atoms with Gasteiger partial charge in [0.15, 0.2) is 0 Å². The molecule has 0 bridgehead atoms. The van der Waals surface area contributed by atoms with E-state index in [2.05, 4.69) is 15.9 Å². The van der Waals surface area contributed by atoms with Crippen molar-refractivity contribution in [1.82, 2.24) is 4.90 Å². The van der Waals surface area contributed by atoms with Gasteiger partial charge in [-0.3, -0.25) is 4.79 Å². The number of benzene rings is 1. The molecule has 0 radical (unpaired) electrons. The fraction of sp³-hybridized carbons (Fsp3) is 0.533. The van der Waals surface area contributed by atoms with Crippen LogP contribution < -0.4 is 4.74 Å². The number of carbonyl (C=O) groups is 1. The topological polar surface area (TPSA) is 49.8 Å². The predicted octanol–water partition coefficient (Wildman–Crippen LogP) is 3.18. The monoisotopic (exact) mass is 341 g/mol. The van der Waals surface area contributed by atoms with E-state index in [4.69, 9.17) is 4.74 Å². The van der Waals surface area contributed by atoms with Crippen molar-refractivity contribution in [2.24, 2.45) is 0 Å². The molecule has 2 rings (SSSR count). The maximum absolute atomic E-state index is 12.6. The number of hydrogen-bond acceptors (Lipinski definition) is 3. The van der Waals surface area contributed by atoms with Gasteiger partial charge in [-0.2, -0.15) is 0 Å². The lowest BCUT2D eigenvalue weighted by Gasteiger charge is -2.25. The summed E-state index contributed by atoms with van der Waals surface area (Å²) < 4.78 is 5.04. The highest BCUT2D eigenvalue weighted by atomic mass is 79.9. The van der Waals surface area contributed by atoms with Gasteiger partial charge in [-0.25, -0.2) is 0 Å². The molecule has 1 atom stereocenters. The lowest BCUT2D eigenvalue weighted by Crippen LogP contribution is -2.35. The van der Waals surface area contributed by atoms with Crippen molar-refractivity contribution in [2.75, 3.05) is 19.0 Å². The molecule has 1 unspecified atom stereocenters. The molecule has 1 aliphatic rings. The van der Waals surface area contributed by atoms with Crippen LogP contribution in [-0.4, -0.2) is 40.9 Å². The van der Waals surface area contributed by atoms with E-state index in [1.165, 1.54) is 13.2 Å². The Bertz CT molecular complexity index is 478. The van der Waals surface area contributed by atoms with Gasteiger partial charge in [0, 0.05) is 24.0 Å². The molecule has 1 aromatic carbocycles. The van der Waals surface area contributed by atoms with Crippen LogP contribution in [0.25, 0.3) is 0 Å². The van der Waals surface area contributed by atoms with Gasteiger partial charge in [-0.1, -0.05) is 15.9 Å². The van der Waals surface area contributed by atoms with E-state index in [-0.39, 0.29) is 11.7 Å². The lowest BCUT2D eigenvalue weighted by molar-refractivity contribution is 0.0727. The van der Waals surface area contributed by atoms with Crippen molar-refractivity contribution < 1.29 is 14.6 Å². The van der Waals surface area contributed by atoms with Crippen LogP contribution >= 0.6 is 15.9 Å². The van der Waals surface area contributed by atoms with Gasteiger partial charge in [0.25, 0.3) is 5.91 Å². The number of ether oxygens (including phenoxy) is 1. The summed E-state index contributed by atoms with van der Waals surface area (Å²) >= 11 is 3.43. The molecule has 1 amide bonds. The molecule has 1 saturated heterocycles. The molecule has 0 spiro atoms. The largest absolute Gasteiger partial charge is 0.507 e. The van der Waals surface area contributed by atoms with Gasteiger partial charge in [-0.15, -0.1) is 0 Å². The zero-order valence-electron chi connectivity index (χ0n) is 11.6.